The summed E-state index contributed by atoms with van der Waals surface area (Å²) in [4.78, 5) is 18.9. The summed E-state index contributed by atoms with van der Waals surface area (Å²) >= 11 is 5.21. The Morgan fingerprint density at radius 2 is 2.39 bits per heavy atom. The van der Waals surface area contributed by atoms with Crippen LogP contribution in [0.15, 0.2) is 18.5 Å². The number of nitrogens with zero attached hydrogens (tertiary/aromatic N) is 2. The number of hydrogen-bond donors (Lipinski definition) is 2. The van der Waals surface area contributed by atoms with Crippen molar-refractivity contribution in [2.45, 2.75) is 20.4 Å². The van der Waals surface area contributed by atoms with Crippen LogP contribution in [-0.2, 0) is 11.3 Å². The molecule has 96 valence electrons. The highest BCUT2D eigenvalue weighted by Crippen LogP contribution is 2.11. The van der Waals surface area contributed by atoms with Crippen molar-refractivity contribution in [3.05, 3.63) is 23.2 Å². The molecule has 0 saturated heterocycles. The average Bonchev–Trinajstić information content (AvgIpc) is 2.64. The van der Waals surface area contributed by atoms with Crippen molar-refractivity contribution in [2.75, 3.05) is 6.54 Å². The van der Waals surface area contributed by atoms with Crippen molar-refractivity contribution in [3.63, 3.8) is 0 Å². The molecular formula is C12H16N4OS. The van der Waals surface area contributed by atoms with E-state index >= 15 is 0 Å². The van der Waals surface area contributed by atoms with Gasteiger partial charge in [0.1, 0.15) is 6.54 Å². The minimum Gasteiger partial charge on any atom is -0.354 e. The Bertz CT molecular complexity index is 614. The number of nitrogens with one attached hydrogen (secondary N) is 2. The highest BCUT2D eigenvalue weighted by molar-refractivity contribution is 7.71. The Kier molecular flexibility index (Phi) is 3.76. The second kappa shape index (κ2) is 5.30. The minimum absolute atomic E-state index is 0.0301. The number of hydrogen-bond acceptors (Lipinski definition) is 3. The van der Waals surface area contributed by atoms with Crippen LogP contribution in [0.2, 0.25) is 0 Å². The number of H-pyrrole nitrogens is 1. The summed E-state index contributed by atoms with van der Waals surface area (Å²) in [6, 6.07) is 1.84. The van der Waals surface area contributed by atoms with Gasteiger partial charge in [-0.15, -0.1) is 0 Å². The normalized spacial score (nSPS) is 11.1. The summed E-state index contributed by atoms with van der Waals surface area (Å²) in [7, 11) is 0. The van der Waals surface area contributed by atoms with Crippen LogP contribution in [0, 0.1) is 10.7 Å². The van der Waals surface area contributed by atoms with Crippen LogP contribution in [0.3, 0.4) is 0 Å². The summed E-state index contributed by atoms with van der Waals surface area (Å²) in [5.74, 6) is 0.409. The Hall–Kier alpha value is -1.69. The van der Waals surface area contributed by atoms with Crippen molar-refractivity contribution in [3.8, 4) is 0 Å². The molecule has 0 atom stereocenters. The first-order valence-electron chi connectivity index (χ1n) is 5.87. The molecule has 2 aromatic heterocycles. The van der Waals surface area contributed by atoms with Gasteiger partial charge in [0.05, 0.1) is 17.2 Å². The molecule has 18 heavy (non-hydrogen) atoms. The van der Waals surface area contributed by atoms with Gasteiger partial charge in [-0.3, -0.25) is 9.78 Å². The molecule has 0 aromatic carbocycles. The van der Waals surface area contributed by atoms with Crippen LogP contribution < -0.4 is 5.32 Å². The van der Waals surface area contributed by atoms with Gasteiger partial charge in [-0.25, -0.2) is 0 Å². The molecule has 0 saturated carbocycles. The third-order valence-corrected chi connectivity index (χ3v) is 2.91. The maximum atomic E-state index is 11.8. The first-order chi connectivity index (χ1) is 8.58. The number of fused-ring (bicyclic) bond motifs is 1. The average molecular weight is 264 g/mol. The predicted molar refractivity (Wildman–Crippen MR) is 72.8 cm³/mol. The molecule has 2 aromatic rings. The molecule has 2 N–H and O–H groups in total. The quantitative estimate of drug-likeness (QED) is 0.829. The summed E-state index contributed by atoms with van der Waals surface area (Å²) < 4.78 is 2.32. The molecule has 2 rings (SSSR count). The van der Waals surface area contributed by atoms with Gasteiger partial charge in [0.2, 0.25) is 5.91 Å². The lowest BCUT2D eigenvalue weighted by Gasteiger charge is -2.08. The first kappa shape index (κ1) is 12.8. The molecule has 6 heteroatoms. The molecule has 0 aliphatic heterocycles. The second-order valence-electron chi connectivity index (χ2n) is 4.61. The zero-order chi connectivity index (χ0) is 13.1. The highest BCUT2D eigenvalue weighted by Gasteiger charge is 2.08. The third kappa shape index (κ3) is 2.76. The smallest absolute Gasteiger partial charge is 0.240 e. The van der Waals surface area contributed by atoms with Crippen molar-refractivity contribution in [1.82, 2.24) is 19.9 Å². The van der Waals surface area contributed by atoms with Gasteiger partial charge in [-0.2, -0.15) is 0 Å². The predicted octanol–water partition coefficient (Wildman–Crippen LogP) is 1.87. The van der Waals surface area contributed by atoms with Crippen molar-refractivity contribution >= 4 is 29.2 Å². The maximum absolute atomic E-state index is 11.8. The number of imidazole rings is 1. The summed E-state index contributed by atoms with van der Waals surface area (Å²) in [5, 5.41) is 2.88. The Morgan fingerprint density at radius 1 is 1.61 bits per heavy atom. The van der Waals surface area contributed by atoms with Gasteiger partial charge in [0.25, 0.3) is 0 Å². The molecule has 0 aliphatic carbocycles. The van der Waals surface area contributed by atoms with Crippen molar-refractivity contribution in [1.29, 1.82) is 0 Å². The van der Waals surface area contributed by atoms with E-state index in [1.807, 2.05) is 6.07 Å². The Labute approximate surface area is 110 Å². The SMILES string of the molecule is CC(C)CNC(=O)Cn1c(=S)[nH]c2cnccc21. The van der Waals surface area contributed by atoms with Crippen LogP contribution in [0.4, 0.5) is 0 Å². The lowest BCUT2D eigenvalue weighted by atomic mass is 10.2. The molecular weight excluding hydrogens is 248 g/mol. The van der Waals surface area contributed by atoms with E-state index in [-0.39, 0.29) is 12.5 Å². The van der Waals surface area contributed by atoms with E-state index in [1.165, 1.54) is 0 Å². The van der Waals surface area contributed by atoms with Gasteiger partial charge < -0.3 is 14.9 Å². The molecule has 0 aliphatic rings. The third-order valence-electron chi connectivity index (χ3n) is 2.58. The van der Waals surface area contributed by atoms with Crippen LogP contribution in [0.25, 0.3) is 11.0 Å². The standard InChI is InChI=1S/C12H16N4OS/c1-8(2)5-14-11(17)7-16-10-3-4-13-6-9(10)15-12(16)18/h3-4,6,8H,5,7H2,1-2H3,(H,14,17)(H,15,18). The Morgan fingerprint density at radius 3 is 3.11 bits per heavy atom. The lowest BCUT2D eigenvalue weighted by molar-refractivity contribution is -0.121. The van der Waals surface area contributed by atoms with Crippen molar-refractivity contribution in [2.24, 2.45) is 5.92 Å². The molecule has 1 amide bonds. The van der Waals surface area contributed by atoms with E-state index in [1.54, 1.807) is 17.0 Å². The monoisotopic (exact) mass is 264 g/mol. The zero-order valence-electron chi connectivity index (χ0n) is 10.4. The van der Waals surface area contributed by atoms with Crippen LogP contribution in [0.1, 0.15) is 13.8 Å². The largest absolute Gasteiger partial charge is 0.354 e. The summed E-state index contributed by atoms with van der Waals surface area (Å²) in [6.45, 7) is 5.03. The molecule has 0 fully saturated rings. The van der Waals surface area contributed by atoms with Gasteiger partial charge in [-0.1, -0.05) is 13.8 Å². The number of rotatable bonds is 4. The van der Waals surface area contributed by atoms with E-state index in [4.69, 9.17) is 12.2 Å². The Balaban J connectivity index is 2.19. The van der Waals surface area contributed by atoms with E-state index in [0.717, 1.165) is 11.0 Å². The topological polar surface area (TPSA) is 62.7 Å². The second-order valence-corrected chi connectivity index (χ2v) is 4.99. The van der Waals surface area contributed by atoms with Crippen molar-refractivity contribution < 1.29 is 4.79 Å². The minimum atomic E-state index is -0.0301. The number of amides is 1. The zero-order valence-corrected chi connectivity index (χ0v) is 11.3. The van der Waals surface area contributed by atoms with E-state index in [0.29, 0.717) is 17.2 Å². The summed E-state index contributed by atoms with van der Waals surface area (Å²) in [6.07, 6.45) is 3.39. The van der Waals surface area contributed by atoms with E-state index < -0.39 is 0 Å². The molecule has 0 bridgehead atoms. The number of carbonyl (C=O) groups is 1. The molecule has 0 spiro atoms. The number of carbonyl (C=O) groups excluding carboxylic acids is 1. The molecule has 5 nitrogen and oxygen atoms in total. The fourth-order valence-electron chi connectivity index (χ4n) is 1.69. The van der Waals surface area contributed by atoms with Crippen LogP contribution in [0.5, 0.6) is 0 Å². The highest BCUT2D eigenvalue weighted by atomic mass is 32.1. The van der Waals surface area contributed by atoms with Crippen LogP contribution in [-0.4, -0.2) is 27.0 Å². The molecule has 2 heterocycles. The number of pyridine rings is 1. The molecule has 0 unspecified atom stereocenters. The van der Waals surface area contributed by atoms with E-state index in [2.05, 4.69) is 29.1 Å². The van der Waals surface area contributed by atoms with Crippen LogP contribution >= 0.6 is 12.2 Å². The van der Waals surface area contributed by atoms with Gasteiger partial charge in [0, 0.05) is 12.7 Å². The van der Waals surface area contributed by atoms with Gasteiger partial charge in [-0.05, 0) is 24.2 Å². The number of aromatic nitrogens is 3. The molecule has 0 radical (unpaired) electrons. The van der Waals surface area contributed by atoms with Gasteiger partial charge >= 0.3 is 0 Å². The fraction of sp³-hybridized carbons (Fsp3) is 0.417. The van der Waals surface area contributed by atoms with Gasteiger partial charge in [0.15, 0.2) is 4.77 Å². The number of aromatic amines is 1. The maximum Gasteiger partial charge on any atom is 0.240 e. The first-order valence-corrected chi connectivity index (χ1v) is 6.28. The summed E-state index contributed by atoms with van der Waals surface area (Å²) in [5.41, 5.74) is 1.74. The van der Waals surface area contributed by atoms with E-state index in [9.17, 15) is 4.79 Å². The lowest BCUT2D eigenvalue weighted by Crippen LogP contribution is -2.30. The fourth-order valence-corrected chi connectivity index (χ4v) is 1.96.